The normalized spacial score (nSPS) is 10.3. The van der Waals surface area contributed by atoms with Crippen molar-refractivity contribution in [1.29, 1.82) is 0 Å². The van der Waals surface area contributed by atoms with Crippen LogP contribution in [0.25, 0.3) is 0 Å². The molecule has 6 nitrogen and oxygen atoms in total. The largest absolute Gasteiger partial charge is 0.451 e. The molecule has 2 rings (SSSR count). The minimum absolute atomic E-state index is 0.0562. The summed E-state index contributed by atoms with van der Waals surface area (Å²) in [5.41, 5.74) is 5.91. The molecule has 1 amide bonds. The molecular formula is C16H15ClFN3O3. The molecule has 0 spiro atoms. The van der Waals surface area contributed by atoms with E-state index in [1.807, 2.05) is 0 Å². The highest BCUT2D eigenvalue weighted by atomic mass is 35.5. The van der Waals surface area contributed by atoms with E-state index < -0.39 is 24.3 Å². The maximum Gasteiger partial charge on any atom is 0.359 e. The minimum Gasteiger partial charge on any atom is -0.451 e. The van der Waals surface area contributed by atoms with Gasteiger partial charge in [-0.25, -0.2) is 14.2 Å². The number of benzene rings is 1. The summed E-state index contributed by atoms with van der Waals surface area (Å²) in [5.74, 6) is -1.76. The highest BCUT2D eigenvalue weighted by Gasteiger charge is 2.18. The average Bonchev–Trinajstić information content (AvgIpc) is 2.56. The van der Waals surface area contributed by atoms with Crippen LogP contribution in [0.4, 0.5) is 10.1 Å². The van der Waals surface area contributed by atoms with E-state index in [2.05, 4.69) is 4.98 Å². The van der Waals surface area contributed by atoms with Crippen molar-refractivity contribution in [3.63, 3.8) is 0 Å². The number of rotatable bonds is 5. The van der Waals surface area contributed by atoms with Gasteiger partial charge in [-0.1, -0.05) is 29.8 Å². The summed E-state index contributed by atoms with van der Waals surface area (Å²) < 4.78 is 18.5. The molecule has 0 fully saturated rings. The van der Waals surface area contributed by atoms with E-state index in [1.54, 1.807) is 18.2 Å². The number of aromatic nitrogens is 1. The molecule has 0 radical (unpaired) electrons. The van der Waals surface area contributed by atoms with E-state index in [0.29, 0.717) is 5.56 Å². The van der Waals surface area contributed by atoms with Gasteiger partial charge in [-0.3, -0.25) is 4.79 Å². The van der Waals surface area contributed by atoms with Crippen molar-refractivity contribution in [2.24, 2.45) is 0 Å². The molecular weight excluding hydrogens is 337 g/mol. The van der Waals surface area contributed by atoms with Gasteiger partial charge in [-0.2, -0.15) is 0 Å². The number of carbonyl (C=O) groups excluding carboxylic acids is 2. The summed E-state index contributed by atoms with van der Waals surface area (Å²) in [4.78, 5) is 28.9. The molecule has 0 atom stereocenters. The first-order chi connectivity index (χ1) is 11.4. The fraction of sp³-hybridized carbons (Fsp3) is 0.188. The number of ether oxygens (including phenoxy) is 1. The molecule has 1 aromatic heterocycles. The molecule has 24 heavy (non-hydrogen) atoms. The summed E-state index contributed by atoms with van der Waals surface area (Å²) in [6.07, 6.45) is 0. The van der Waals surface area contributed by atoms with Crippen molar-refractivity contribution in [1.82, 2.24) is 9.88 Å². The van der Waals surface area contributed by atoms with Crippen LogP contribution < -0.4 is 5.73 Å². The molecule has 0 saturated heterocycles. The molecule has 0 bridgehead atoms. The lowest BCUT2D eigenvalue weighted by molar-refractivity contribution is -0.133. The van der Waals surface area contributed by atoms with Gasteiger partial charge in [-0.05, 0) is 18.2 Å². The van der Waals surface area contributed by atoms with Gasteiger partial charge in [0.2, 0.25) is 0 Å². The van der Waals surface area contributed by atoms with Gasteiger partial charge in [-0.15, -0.1) is 0 Å². The first-order valence-corrected chi connectivity index (χ1v) is 7.33. The number of pyridine rings is 1. The first-order valence-electron chi connectivity index (χ1n) is 6.95. The molecule has 0 unspecified atom stereocenters. The van der Waals surface area contributed by atoms with Gasteiger partial charge in [0.15, 0.2) is 12.3 Å². The number of likely N-dealkylation sites (N-methyl/N-ethyl adjacent to an activating group) is 1. The van der Waals surface area contributed by atoms with Gasteiger partial charge < -0.3 is 15.4 Å². The van der Waals surface area contributed by atoms with E-state index in [1.165, 1.54) is 30.1 Å². The van der Waals surface area contributed by atoms with Crippen molar-refractivity contribution in [3.05, 3.63) is 58.6 Å². The van der Waals surface area contributed by atoms with Gasteiger partial charge in [0.05, 0.1) is 5.69 Å². The molecule has 0 aliphatic carbocycles. The maximum absolute atomic E-state index is 13.6. The smallest absolute Gasteiger partial charge is 0.359 e. The molecule has 1 aromatic carbocycles. The minimum atomic E-state index is -0.859. The Bertz CT molecular complexity index is 770. The first kappa shape index (κ1) is 17.7. The second-order valence-corrected chi connectivity index (χ2v) is 5.38. The second kappa shape index (κ2) is 7.74. The number of anilines is 1. The summed E-state index contributed by atoms with van der Waals surface area (Å²) in [6, 6.07) is 8.96. The summed E-state index contributed by atoms with van der Waals surface area (Å²) >= 11 is 5.69. The quantitative estimate of drug-likeness (QED) is 0.659. The second-order valence-electron chi connectivity index (χ2n) is 4.99. The Labute approximate surface area is 143 Å². The van der Waals surface area contributed by atoms with Crippen LogP contribution in [-0.2, 0) is 16.1 Å². The van der Waals surface area contributed by atoms with Crippen LogP contribution in [0.3, 0.4) is 0 Å². The van der Waals surface area contributed by atoms with Crippen LogP contribution in [0.1, 0.15) is 16.1 Å². The van der Waals surface area contributed by atoms with E-state index in [9.17, 15) is 14.0 Å². The van der Waals surface area contributed by atoms with Crippen LogP contribution in [-0.4, -0.2) is 35.4 Å². The third kappa shape index (κ3) is 4.42. The Morgan fingerprint density at radius 1 is 1.29 bits per heavy atom. The number of carbonyl (C=O) groups is 2. The summed E-state index contributed by atoms with van der Waals surface area (Å²) in [6.45, 7) is -0.460. The molecule has 0 aliphatic rings. The molecule has 1 heterocycles. The number of nitrogen functional groups attached to an aromatic ring is 1. The van der Waals surface area contributed by atoms with E-state index in [4.69, 9.17) is 22.1 Å². The van der Waals surface area contributed by atoms with Crippen LogP contribution in [0.2, 0.25) is 5.15 Å². The lowest BCUT2D eigenvalue weighted by Crippen LogP contribution is -2.31. The predicted octanol–water partition coefficient (Wildman–Crippen LogP) is 2.27. The Morgan fingerprint density at radius 3 is 2.71 bits per heavy atom. The Balaban J connectivity index is 1.93. The number of hydrogen-bond acceptors (Lipinski definition) is 5. The van der Waals surface area contributed by atoms with Gasteiger partial charge >= 0.3 is 5.97 Å². The zero-order valence-corrected chi connectivity index (χ0v) is 13.6. The van der Waals surface area contributed by atoms with E-state index in [-0.39, 0.29) is 23.1 Å². The Hall–Kier alpha value is -2.67. The number of halogens is 2. The molecule has 2 N–H and O–H groups in total. The number of hydrogen-bond donors (Lipinski definition) is 1. The van der Waals surface area contributed by atoms with Crippen LogP contribution >= 0.6 is 11.6 Å². The maximum atomic E-state index is 13.6. The van der Waals surface area contributed by atoms with Crippen molar-refractivity contribution in [2.75, 3.05) is 19.4 Å². The molecule has 2 aromatic rings. The predicted molar refractivity (Wildman–Crippen MR) is 86.8 cm³/mol. The van der Waals surface area contributed by atoms with Crippen molar-refractivity contribution < 1.29 is 18.7 Å². The fourth-order valence-corrected chi connectivity index (χ4v) is 2.03. The van der Waals surface area contributed by atoms with Crippen molar-refractivity contribution >= 4 is 29.2 Å². The fourth-order valence-electron chi connectivity index (χ4n) is 1.89. The SMILES string of the molecule is CN(Cc1ccccc1F)C(=O)COC(=O)c1nc(Cl)ccc1N. The third-order valence-electron chi connectivity index (χ3n) is 3.20. The molecule has 8 heteroatoms. The Morgan fingerprint density at radius 2 is 2.00 bits per heavy atom. The number of nitrogens with two attached hydrogens (primary N) is 1. The topological polar surface area (TPSA) is 85.5 Å². The summed E-state index contributed by atoms with van der Waals surface area (Å²) in [5, 5.41) is 0.0825. The van der Waals surface area contributed by atoms with Crippen molar-refractivity contribution in [3.8, 4) is 0 Å². The van der Waals surface area contributed by atoms with E-state index in [0.717, 1.165) is 0 Å². The van der Waals surface area contributed by atoms with E-state index >= 15 is 0 Å². The number of esters is 1. The number of amides is 1. The standard InChI is InChI=1S/C16H15ClFN3O3/c1-21(8-10-4-2-3-5-11(10)18)14(22)9-24-16(23)15-12(19)6-7-13(17)20-15/h2-7H,8-9,19H2,1H3. The molecule has 0 saturated carbocycles. The lowest BCUT2D eigenvalue weighted by Gasteiger charge is -2.17. The van der Waals surface area contributed by atoms with Gasteiger partial charge in [0, 0.05) is 19.2 Å². The Kier molecular flexibility index (Phi) is 5.70. The lowest BCUT2D eigenvalue weighted by atomic mass is 10.2. The molecule has 126 valence electrons. The molecule has 0 aliphatic heterocycles. The summed E-state index contributed by atoms with van der Waals surface area (Å²) in [7, 11) is 1.48. The van der Waals surface area contributed by atoms with Gasteiger partial charge in [0.25, 0.3) is 5.91 Å². The monoisotopic (exact) mass is 351 g/mol. The highest BCUT2D eigenvalue weighted by Crippen LogP contribution is 2.14. The average molecular weight is 352 g/mol. The van der Waals surface area contributed by atoms with Crippen LogP contribution in [0, 0.1) is 5.82 Å². The number of nitrogens with zero attached hydrogens (tertiary/aromatic N) is 2. The highest BCUT2D eigenvalue weighted by molar-refractivity contribution is 6.29. The zero-order valence-electron chi connectivity index (χ0n) is 12.8. The van der Waals surface area contributed by atoms with Crippen molar-refractivity contribution in [2.45, 2.75) is 6.54 Å². The van der Waals surface area contributed by atoms with Crippen LogP contribution in [0.15, 0.2) is 36.4 Å². The van der Waals surface area contributed by atoms with Crippen LogP contribution in [0.5, 0.6) is 0 Å². The third-order valence-corrected chi connectivity index (χ3v) is 3.41. The van der Waals surface area contributed by atoms with Gasteiger partial charge in [0.1, 0.15) is 11.0 Å². The zero-order chi connectivity index (χ0) is 17.7.